The van der Waals surface area contributed by atoms with Gasteiger partial charge in [0.25, 0.3) is 0 Å². The van der Waals surface area contributed by atoms with E-state index < -0.39 is 0 Å². The normalized spacial score (nSPS) is 10.2. The second-order valence-corrected chi connectivity index (χ2v) is 3.48. The average molecular weight is 193 g/mol. The number of nitrogens with zero attached hydrogens (tertiary/aromatic N) is 1. The van der Waals surface area contributed by atoms with E-state index in [1.807, 2.05) is 0 Å². The van der Waals surface area contributed by atoms with Gasteiger partial charge >= 0.3 is 0 Å². The molecule has 0 aliphatic carbocycles. The second kappa shape index (κ2) is 4.60. The highest BCUT2D eigenvalue weighted by molar-refractivity contribution is 5.93. The van der Waals surface area contributed by atoms with Gasteiger partial charge in [0.05, 0.1) is 6.61 Å². The predicted molar refractivity (Wildman–Crippen MR) is 55.6 cm³/mol. The van der Waals surface area contributed by atoms with Gasteiger partial charge in [-0.15, -0.1) is 0 Å². The van der Waals surface area contributed by atoms with E-state index in [-0.39, 0.29) is 5.84 Å². The third-order valence-corrected chi connectivity index (χ3v) is 1.56. The third kappa shape index (κ3) is 3.05. The Balaban J connectivity index is 2.69. The Morgan fingerprint density at radius 1 is 1.57 bits per heavy atom. The van der Waals surface area contributed by atoms with E-state index in [1.165, 1.54) is 0 Å². The minimum Gasteiger partial charge on any atom is -0.477 e. The number of rotatable bonds is 4. The minimum atomic E-state index is -0.0417. The standard InChI is InChI=1S/C10H15N3O/c1-7(2)6-14-9-5-3-4-8(13-9)10(11)12/h3-5,7H,6H2,1-2H3,(H3,11,12). The molecule has 14 heavy (non-hydrogen) atoms. The number of aromatic nitrogens is 1. The Kier molecular flexibility index (Phi) is 3.45. The number of amidine groups is 1. The Labute approximate surface area is 83.6 Å². The van der Waals surface area contributed by atoms with Crippen molar-refractivity contribution in [1.29, 1.82) is 5.41 Å². The van der Waals surface area contributed by atoms with Crippen molar-refractivity contribution in [2.45, 2.75) is 13.8 Å². The molecule has 0 saturated carbocycles. The summed E-state index contributed by atoms with van der Waals surface area (Å²) in [6, 6.07) is 5.22. The van der Waals surface area contributed by atoms with E-state index in [9.17, 15) is 0 Å². The van der Waals surface area contributed by atoms with Gasteiger partial charge in [0.2, 0.25) is 5.88 Å². The molecule has 1 aromatic heterocycles. The van der Waals surface area contributed by atoms with Gasteiger partial charge in [-0.25, -0.2) is 4.98 Å². The lowest BCUT2D eigenvalue weighted by Crippen LogP contribution is -2.14. The topological polar surface area (TPSA) is 72.0 Å². The van der Waals surface area contributed by atoms with Gasteiger partial charge in [-0.05, 0) is 12.0 Å². The van der Waals surface area contributed by atoms with Gasteiger partial charge in [-0.1, -0.05) is 19.9 Å². The van der Waals surface area contributed by atoms with Crippen molar-refractivity contribution in [3.63, 3.8) is 0 Å². The van der Waals surface area contributed by atoms with Crippen LogP contribution in [-0.4, -0.2) is 17.4 Å². The lowest BCUT2D eigenvalue weighted by Gasteiger charge is -2.08. The molecule has 0 aliphatic rings. The van der Waals surface area contributed by atoms with Crippen LogP contribution in [0.15, 0.2) is 18.2 Å². The summed E-state index contributed by atoms with van der Waals surface area (Å²) in [4.78, 5) is 4.07. The fraction of sp³-hybridized carbons (Fsp3) is 0.400. The molecule has 1 rings (SSSR count). The first kappa shape index (κ1) is 10.5. The maximum absolute atomic E-state index is 7.21. The molecule has 4 nitrogen and oxygen atoms in total. The number of ether oxygens (including phenoxy) is 1. The molecular formula is C10H15N3O. The van der Waals surface area contributed by atoms with Crippen LogP contribution in [0.25, 0.3) is 0 Å². The lowest BCUT2D eigenvalue weighted by molar-refractivity contribution is 0.261. The molecule has 0 aromatic carbocycles. The van der Waals surface area contributed by atoms with Crippen molar-refractivity contribution in [2.24, 2.45) is 11.7 Å². The van der Waals surface area contributed by atoms with E-state index in [0.717, 1.165) is 0 Å². The summed E-state index contributed by atoms with van der Waals surface area (Å²) in [5, 5.41) is 7.21. The molecule has 0 bridgehead atoms. The number of nitrogen functional groups attached to an aromatic ring is 1. The maximum Gasteiger partial charge on any atom is 0.213 e. The van der Waals surface area contributed by atoms with E-state index in [0.29, 0.717) is 24.1 Å². The fourth-order valence-electron chi connectivity index (χ4n) is 0.897. The van der Waals surface area contributed by atoms with Crippen LogP contribution in [0.4, 0.5) is 0 Å². The lowest BCUT2D eigenvalue weighted by atomic mass is 10.2. The zero-order valence-electron chi connectivity index (χ0n) is 8.45. The summed E-state index contributed by atoms with van der Waals surface area (Å²) in [6.45, 7) is 4.75. The van der Waals surface area contributed by atoms with Crippen LogP contribution >= 0.6 is 0 Å². The van der Waals surface area contributed by atoms with E-state index in [1.54, 1.807) is 18.2 Å². The maximum atomic E-state index is 7.21. The molecule has 0 atom stereocenters. The molecule has 0 radical (unpaired) electrons. The van der Waals surface area contributed by atoms with Gasteiger partial charge in [0.1, 0.15) is 11.5 Å². The zero-order valence-corrected chi connectivity index (χ0v) is 8.45. The largest absolute Gasteiger partial charge is 0.477 e. The van der Waals surface area contributed by atoms with Crippen LogP contribution in [0, 0.1) is 11.3 Å². The van der Waals surface area contributed by atoms with Gasteiger partial charge in [-0.3, -0.25) is 5.41 Å². The van der Waals surface area contributed by atoms with Gasteiger partial charge < -0.3 is 10.5 Å². The summed E-state index contributed by atoms with van der Waals surface area (Å²) in [5.41, 5.74) is 5.75. The Bertz CT molecular complexity index is 323. The highest BCUT2D eigenvalue weighted by Gasteiger charge is 2.01. The Morgan fingerprint density at radius 2 is 2.29 bits per heavy atom. The molecule has 0 fully saturated rings. The highest BCUT2D eigenvalue weighted by atomic mass is 16.5. The average Bonchev–Trinajstić information content (AvgIpc) is 2.15. The van der Waals surface area contributed by atoms with Crippen molar-refractivity contribution in [1.82, 2.24) is 4.98 Å². The fourth-order valence-corrected chi connectivity index (χ4v) is 0.897. The Hall–Kier alpha value is -1.58. The van der Waals surface area contributed by atoms with E-state index in [4.69, 9.17) is 15.9 Å². The molecule has 3 N–H and O–H groups in total. The number of nitrogens with one attached hydrogen (secondary N) is 1. The number of nitrogens with two attached hydrogens (primary N) is 1. The van der Waals surface area contributed by atoms with Crippen LogP contribution in [-0.2, 0) is 0 Å². The molecule has 0 aliphatic heterocycles. The van der Waals surface area contributed by atoms with Crippen LogP contribution in [0.2, 0.25) is 0 Å². The number of hydrogen-bond donors (Lipinski definition) is 2. The van der Waals surface area contributed by atoms with Crippen molar-refractivity contribution in [3.05, 3.63) is 23.9 Å². The minimum absolute atomic E-state index is 0.0417. The quantitative estimate of drug-likeness (QED) is 0.560. The monoisotopic (exact) mass is 193 g/mol. The summed E-state index contributed by atoms with van der Waals surface area (Å²) < 4.78 is 5.39. The third-order valence-electron chi connectivity index (χ3n) is 1.56. The Morgan fingerprint density at radius 3 is 2.86 bits per heavy atom. The first-order valence-electron chi connectivity index (χ1n) is 4.54. The second-order valence-electron chi connectivity index (χ2n) is 3.48. The SMILES string of the molecule is CC(C)COc1cccc(C(=N)N)n1. The predicted octanol–water partition coefficient (Wildman–Crippen LogP) is 1.40. The number of hydrogen-bond acceptors (Lipinski definition) is 3. The van der Waals surface area contributed by atoms with Gasteiger partial charge in [0.15, 0.2) is 0 Å². The van der Waals surface area contributed by atoms with Crippen LogP contribution in [0.3, 0.4) is 0 Å². The molecule has 4 heteroatoms. The molecule has 0 unspecified atom stereocenters. The van der Waals surface area contributed by atoms with Crippen LogP contribution in [0.5, 0.6) is 5.88 Å². The smallest absolute Gasteiger partial charge is 0.213 e. The summed E-state index contributed by atoms with van der Waals surface area (Å²) in [5.74, 6) is 0.934. The zero-order chi connectivity index (χ0) is 10.6. The molecule has 1 heterocycles. The first-order chi connectivity index (χ1) is 6.59. The van der Waals surface area contributed by atoms with E-state index >= 15 is 0 Å². The molecule has 0 saturated heterocycles. The summed E-state index contributed by atoms with van der Waals surface area (Å²) in [7, 11) is 0. The van der Waals surface area contributed by atoms with Crippen molar-refractivity contribution < 1.29 is 4.74 Å². The molecular weight excluding hydrogens is 178 g/mol. The number of pyridine rings is 1. The van der Waals surface area contributed by atoms with Crippen molar-refractivity contribution in [2.75, 3.05) is 6.61 Å². The molecule has 0 spiro atoms. The van der Waals surface area contributed by atoms with Crippen molar-refractivity contribution in [3.8, 4) is 5.88 Å². The highest BCUT2D eigenvalue weighted by Crippen LogP contribution is 2.08. The van der Waals surface area contributed by atoms with E-state index in [2.05, 4.69) is 18.8 Å². The van der Waals surface area contributed by atoms with Crippen LogP contribution < -0.4 is 10.5 Å². The van der Waals surface area contributed by atoms with Crippen LogP contribution in [0.1, 0.15) is 19.5 Å². The summed E-state index contributed by atoms with van der Waals surface area (Å²) in [6.07, 6.45) is 0. The molecule has 1 aromatic rings. The summed E-state index contributed by atoms with van der Waals surface area (Å²) >= 11 is 0. The first-order valence-corrected chi connectivity index (χ1v) is 4.54. The van der Waals surface area contributed by atoms with Crippen molar-refractivity contribution >= 4 is 5.84 Å². The molecule has 76 valence electrons. The van der Waals surface area contributed by atoms with Gasteiger partial charge in [0, 0.05) is 6.07 Å². The van der Waals surface area contributed by atoms with Gasteiger partial charge in [-0.2, -0.15) is 0 Å². The molecule has 0 amide bonds.